The molecule has 8 heteroatoms. The molecule has 0 unspecified atom stereocenters. The molecule has 1 aromatic carbocycles. The van der Waals surface area contributed by atoms with Crippen LogP contribution in [0.3, 0.4) is 0 Å². The molecule has 0 atom stereocenters. The van der Waals surface area contributed by atoms with Crippen LogP contribution in [0.1, 0.15) is 21.8 Å². The summed E-state index contributed by atoms with van der Waals surface area (Å²) in [5.41, 5.74) is 1.26. The van der Waals surface area contributed by atoms with Crippen LogP contribution in [0.2, 0.25) is 0 Å². The summed E-state index contributed by atoms with van der Waals surface area (Å²) in [6.45, 7) is 2.08. The van der Waals surface area contributed by atoms with E-state index in [1.165, 1.54) is 21.8 Å². The number of carbonyl (C=O) groups is 1. The van der Waals surface area contributed by atoms with Gasteiger partial charge in [0.1, 0.15) is 28.5 Å². The van der Waals surface area contributed by atoms with E-state index >= 15 is 0 Å². The predicted octanol–water partition coefficient (Wildman–Crippen LogP) is 3.37. The summed E-state index contributed by atoms with van der Waals surface area (Å²) in [7, 11) is 1.67. The maximum absolute atomic E-state index is 14.4. The number of amides is 1. The van der Waals surface area contributed by atoms with Crippen LogP contribution in [-0.2, 0) is 6.54 Å². The third kappa shape index (κ3) is 3.20. The Morgan fingerprint density at radius 3 is 2.64 bits per heavy atom. The molecule has 0 aliphatic heterocycles. The van der Waals surface area contributed by atoms with Crippen LogP contribution in [0.4, 0.5) is 4.39 Å². The minimum Gasteiger partial charge on any atom is -0.361 e. The van der Waals surface area contributed by atoms with Crippen LogP contribution in [0.15, 0.2) is 65.6 Å². The Labute approximate surface area is 160 Å². The number of hydrogen-bond acceptors (Lipinski definition) is 4. The molecule has 0 bridgehead atoms. The van der Waals surface area contributed by atoms with Crippen molar-refractivity contribution in [3.63, 3.8) is 0 Å². The van der Waals surface area contributed by atoms with E-state index in [9.17, 15) is 9.18 Å². The molecule has 142 valence electrons. The number of nitrogens with zero attached hydrogens (tertiary/aromatic N) is 5. The van der Waals surface area contributed by atoms with Crippen molar-refractivity contribution in [2.75, 3.05) is 7.05 Å². The van der Waals surface area contributed by atoms with Gasteiger partial charge in [-0.2, -0.15) is 5.10 Å². The zero-order chi connectivity index (χ0) is 19.7. The van der Waals surface area contributed by atoms with E-state index in [-0.39, 0.29) is 18.1 Å². The Kier molecular flexibility index (Phi) is 4.52. The summed E-state index contributed by atoms with van der Waals surface area (Å²) in [5, 5.41) is 8.22. The van der Waals surface area contributed by atoms with Gasteiger partial charge in [0.15, 0.2) is 5.82 Å². The van der Waals surface area contributed by atoms with E-state index in [0.29, 0.717) is 22.8 Å². The van der Waals surface area contributed by atoms with Gasteiger partial charge >= 0.3 is 0 Å². The number of rotatable bonds is 5. The lowest BCUT2D eigenvalue weighted by atomic mass is 10.2. The van der Waals surface area contributed by atoms with Crippen molar-refractivity contribution in [1.82, 2.24) is 24.4 Å². The van der Waals surface area contributed by atoms with Crippen molar-refractivity contribution in [1.29, 1.82) is 0 Å². The molecule has 0 saturated carbocycles. The van der Waals surface area contributed by atoms with Gasteiger partial charge < -0.3 is 14.0 Å². The maximum atomic E-state index is 14.4. The van der Waals surface area contributed by atoms with Crippen molar-refractivity contribution in [3.8, 4) is 11.5 Å². The van der Waals surface area contributed by atoms with Crippen molar-refractivity contribution in [2.24, 2.45) is 0 Å². The largest absolute Gasteiger partial charge is 0.361 e. The van der Waals surface area contributed by atoms with Crippen LogP contribution >= 0.6 is 0 Å². The first-order valence-electron chi connectivity index (χ1n) is 8.68. The molecule has 4 aromatic rings. The number of benzene rings is 1. The topological polar surface area (TPSA) is 69.1 Å². The van der Waals surface area contributed by atoms with Crippen molar-refractivity contribution in [3.05, 3.63) is 83.9 Å². The Hall–Kier alpha value is -3.68. The predicted molar refractivity (Wildman–Crippen MR) is 99.9 cm³/mol. The highest BCUT2D eigenvalue weighted by molar-refractivity contribution is 5.97. The second kappa shape index (κ2) is 7.15. The van der Waals surface area contributed by atoms with Gasteiger partial charge in [-0.3, -0.25) is 4.79 Å². The summed E-state index contributed by atoms with van der Waals surface area (Å²) in [6.07, 6.45) is 5.02. The lowest BCUT2D eigenvalue weighted by molar-refractivity contribution is 0.0782. The van der Waals surface area contributed by atoms with Gasteiger partial charge in [0.05, 0.1) is 12.7 Å². The Morgan fingerprint density at radius 1 is 1.21 bits per heavy atom. The number of para-hydroxylation sites is 1. The fourth-order valence-electron chi connectivity index (χ4n) is 3.03. The quantitative estimate of drug-likeness (QED) is 0.533. The maximum Gasteiger partial charge on any atom is 0.259 e. The zero-order valence-electron chi connectivity index (χ0n) is 15.4. The van der Waals surface area contributed by atoms with Crippen LogP contribution in [0, 0.1) is 12.7 Å². The Balaban J connectivity index is 1.75. The van der Waals surface area contributed by atoms with Gasteiger partial charge in [-0.15, -0.1) is 0 Å². The van der Waals surface area contributed by atoms with E-state index in [1.807, 2.05) is 12.1 Å². The van der Waals surface area contributed by atoms with Crippen LogP contribution < -0.4 is 0 Å². The highest BCUT2D eigenvalue weighted by Gasteiger charge is 2.24. The minimum atomic E-state index is -0.426. The van der Waals surface area contributed by atoms with Crippen molar-refractivity contribution in [2.45, 2.75) is 13.5 Å². The van der Waals surface area contributed by atoms with Crippen LogP contribution in [-0.4, -0.2) is 37.4 Å². The number of aromatic nitrogens is 4. The SMILES string of the molecule is Cc1cc(CN(C)C(=O)c2cnn(-c3ccccc3F)c2-n2cccc2)no1. The molecule has 0 aliphatic rings. The molecule has 4 rings (SSSR count). The highest BCUT2D eigenvalue weighted by atomic mass is 19.1. The molecule has 0 spiro atoms. The van der Waals surface area contributed by atoms with E-state index < -0.39 is 5.82 Å². The van der Waals surface area contributed by atoms with Crippen LogP contribution in [0.5, 0.6) is 0 Å². The van der Waals surface area contributed by atoms with E-state index in [1.54, 1.807) is 55.2 Å². The third-order valence-electron chi connectivity index (χ3n) is 4.33. The molecular weight excluding hydrogens is 361 g/mol. The highest BCUT2D eigenvalue weighted by Crippen LogP contribution is 2.23. The van der Waals surface area contributed by atoms with Gasteiger partial charge in [-0.25, -0.2) is 9.07 Å². The normalized spacial score (nSPS) is 11.0. The van der Waals surface area contributed by atoms with Gasteiger partial charge in [0.25, 0.3) is 5.91 Å². The van der Waals surface area contributed by atoms with Gasteiger partial charge in [0, 0.05) is 25.5 Å². The first-order chi connectivity index (χ1) is 13.5. The average molecular weight is 379 g/mol. The molecule has 0 radical (unpaired) electrons. The lowest BCUT2D eigenvalue weighted by Crippen LogP contribution is -2.27. The Bertz CT molecular complexity index is 1110. The third-order valence-corrected chi connectivity index (χ3v) is 4.33. The molecular formula is C20H18FN5O2. The standard InChI is InChI=1S/C20H18FN5O2/c1-14-11-15(23-28-14)13-24(2)20(27)16-12-22-26(18-8-4-3-7-17(18)21)19(16)25-9-5-6-10-25/h3-12H,13H2,1-2H3. The first kappa shape index (κ1) is 17.7. The molecule has 28 heavy (non-hydrogen) atoms. The molecule has 3 aromatic heterocycles. The van der Waals surface area contributed by atoms with E-state index in [4.69, 9.17) is 4.52 Å². The van der Waals surface area contributed by atoms with Gasteiger partial charge in [0.2, 0.25) is 0 Å². The first-order valence-corrected chi connectivity index (χ1v) is 8.68. The minimum absolute atomic E-state index is 0.257. The van der Waals surface area contributed by atoms with Crippen molar-refractivity contribution >= 4 is 5.91 Å². The zero-order valence-corrected chi connectivity index (χ0v) is 15.4. The van der Waals surface area contributed by atoms with Gasteiger partial charge in [-0.1, -0.05) is 17.3 Å². The van der Waals surface area contributed by atoms with E-state index in [0.717, 1.165) is 0 Å². The summed E-state index contributed by atoms with van der Waals surface area (Å²) >= 11 is 0. The number of carbonyl (C=O) groups excluding carboxylic acids is 1. The fourth-order valence-corrected chi connectivity index (χ4v) is 3.03. The molecule has 0 saturated heterocycles. The summed E-state index contributed by atoms with van der Waals surface area (Å²) < 4.78 is 22.6. The molecule has 3 heterocycles. The second-order valence-corrected chi connectivity index (χ2v) is 6.43. The number of hydrogen-bond donors (Lipinski definition) is 0. The molecule has 0 fully saturated rings. The smallest absolute Gasteiger partial charge is 0.259 e. The monoisotopic (exact) mass is 379 g/mol. The van der Waals surface area contributed by atoms with Crippen molar-refractivity contribution < 1.29 is 13.7 Å². The van der Waals surface area contributed by atoms with E-state index in [2.05, 4.69) is 10.3 Å². The average Bonchev–Trinajstić information content (AvgIpc) is 3.41. The summed E-state index contributed by atoms with van der Waals surface area (Å²) in [4.78, 5) is 14.6. The molecule has 1 amide bonds. The number of halogens is 1. The number of aryl methyl sites for hydroxylation is 1. The Morgan fingerprint density at radius 2 is 1.96 bits per heavy atom. The molecule has 0 aliphatic carbocycles. The second-order valence-electron chi connectivity index (χ2n) is 6.43. The summed E-state index contributed by atoms with van der Waals surface area (Å²) in [6, 6.07) is 11.7. The fraction of sp³-hybridized carbons (Fsp3) is 0.150. The lowest BCUT2D eigenvalue weighted by Gasteiger charge is -2.17. The molecule has 7 nitrogen and oxygen atoms in total. The van der Waals surface area contributed by atoms with Crippen LogP contribution in [0.25, 0.3) is 11.5 Å². The molecule has 0 N–H and O–H groups in total. The van der Waals surface area contributed by atoms with Gasteiger partial charge in [-0.05, 0) is 31.2 Å². The summed E-state index contributed by atoms with van der Waals surface area (Å²) in [5.74, 6) is 0.455.